The molecule has 0 aliphatic heterocycles. The zero-order valence-electron chi connectivity index (χ0n) is 16.8. The molecule has 1 aromatic heterocycles. The second-order valence-electron chi connectivity index (χ2n) is 7.47. The number of nitrogens with zero attached hydrogens (tertiary/aromatic N) is 1. The van der Waals surface area contributed by atoms with E-state index in [0.717, 1.165) is 0 Å². The maximum Gasteiger partial charge on any atom is 0.171 e. The Bertz CT molecular complexity index is 336. The molecule has 0 N–H and O–H groups in total. The van der Waals surface area contributed by atoms with Gasteiger partial charge in [-0.15, -0.1) is 0 Å². The summed E-state index contributed by atoms with van der Waals surface area (Å²) in [6.45, 7) is 8.08. The van der Waals surface area contributed by atoms with Crippen molar-refractivity contribution < 1.29 is 4.57 Å². The molecule has 0 saturated carbocycles. The minimum atomic E-state index is 1.20. The van der Waals surface area contributed by atoms with Gasteiger partial charge in [0.25, 0.3) is 0 Å². The number of aromatic nitrogens is 1. The summed E-state index contributed by atoms with van der Waals surface area (Å²) in [6, 6.07) is 2.49. The van der Waals surface area contributed by atoms with E-state index in [1.807, 2.05) is 0 Å². The van der Waals surface area contributed by atoms with Crippen LogP contribution in [0.5, 0.6) is 0 Å². The minimum absolute atomic E-state index is 1.20. The summed E-state index contributed by atoms with van der Waals surface area (Å²) >= 11 is 0. The van der Waals surface area contributed by atoms with E-state index in [2.05, 4.69) is 43.8 Å². The van der Waals surface area contributed by atoms with E-state index in [9.17, 15) is 0 Å². The molecule has 0 unspecified atom stereocenters. The van der Waals surface area contributed by atoms with Crippen LogP contribution < -0.4 is 4.57 Å². The Labute approximate surface area is 151 Å². The van der Waals surface area contributed by atoms with Crippen LogP contribution >= 0.6 is 0 Å². The van der Waals surface area contributed by atoms with Crippen LogP contribution in [0.4, 0.5) is 0 Å². The van der Waals surface area contributed by atoms with Gasteiger partial charge in [-0.05, 0) is 38.2 Å². The number of pyridine rings is 1. The van der Waals surface area contributed by atoms with Crippen LogP contribution in [-0.4, -0.2) is 0 Å². The smallest absolute Gasteiger partial charge is 0.171 e. The highest BCUT2D eigenvalue weighted by molar-refractivity contribution is 5.15. The van der Waals surface area contributed by atoms with Gasteiger partial charge >= 0.3 is 0 Å². The normalized spacial score (nSPS) is 11.1. The zero-order valence-corrected chi connectivity index (χ0v) is 16.8. The highest BCUT2D eigenvalue weighted by Crippen LogP contribution is 2.12. The lowest BCUT2D eigenvalue weighted by atomic mass is 10.0. The fraction of sp³-hybridized carbons (Fsp3) is 0.783. The maximum absolute atomic E-state index is 2.49. The van der Waals surface area contributed by atoms with Gasteiger partial charge in [-0.3, -0.25) is 0 Å². The second kappa shape index (κ2) is 14.5. The van der Waals surface area contributed by atoms with Gasteiger partial charge in [-0.25, -0.2) is 4.57 Å². The summed E-state index contributed by atoms with van der Waals surface area (Å²) in [5.74, 6) is 0. The van der Waals surface area contributed by atoms with Crippen LogP contribution in [0.3, 0.4) is 0 Å². The summed E-state index contributed by atoms with van der Waals surface area (Å²) in [5, 5.41) is 0. The molecular weight excluding hydrogens is 290 g/mol. The van der Waals surface area contributed by atoms with Crippen LogP contribution in [0.15, 0.2) is 18.5 Å². The molecule has 1 heterocycles. The van der Waals surface area contributed by atoms with Crippen LogP contribution in [0, 0.1) is 0 Å². The Morgan fingerprint density at radius 2 is 1.04 bits per heavy atom. The Hall–Kier alpha value is -0.850. The summed E-state index contributed by atoms with van der Waals surface area (Å²) in [4.78, 5) is 0. The highest BCUT2D eigenvalue weighted by Gasteiger charge is 2.08. The van der Waals surface area contributed by atoms with E-state index >= 15 is 0 Å². The second-order valence-corrected chi connectivity index (χ2v) is 7.47. The van der Waals surface area contributed by atoms with Gasteiger partial charge < -0.3 is 0 Å². The first-order valence-corrected chi connectivity index (χ1v) is 10.8. The van der Waals surface area contributed by atoms with Crippen molar-refractivity contribution in [2.24, 2.45) is 0 Å². The van der Waals surface area contributed by atoms with Crippen molar-refractivity contribution in [2.45, 2.75) is 117 Å². The van der Waals surface area contributed by atoms with E-state index in [1.165, 1.54) is 96.4 Å². The quantitative estimate of drug-likeness (QED) is 0.245. The number of aryl methyl sites for hydroxylation is 3. The average Bonchev–Trinajstić information content (AvgIpc) is 2.59. The highest BCUT2D eigenvalue weighted by atomic mass is 14.9. The van der Waals surface area contributed by atoms with Gasteiger partial charge in [0.15, 0.2) is 12.4 Å². The predicted molar refractivity (Wildman–Crippen MR) is 106 cm³/mol. The maximum atomic E-state index is 2.49. The van der Waals surface area contributed by atoms with Crippen LogP contribution in [-0.2, 0) is 19.4 Å². The third-order valence-corrected chi connectivity index (χ3v) is 4.94. The monoisotopic (exact) mass is 332 g/mol. The van der Waals surface area contributed by atoms with Gasteiger partial charge in [0.1, 0.15) is 6.54 Å². The molecule has 1 nitrogen and oxygen atoms in total. The molecule has 1 aromatic rings. The Morgan fingerprint density at radius 1 is 0.583 bits per heavy atom. The molecule has 0 atom stereocenters. The molecule has 1 rings (SSSR count). The molecule has 24 heavy (non-hydrogen) atoms. The molecule has 0 bridgehead atoms. The molecule has 0 spiro atoms. The zero-order chi connectivity index (χ0) is 17.5. The first-order valence-electron chi connectivity index (χ1n) is 10.8. The number of hydrogen-bond donors (Lipinski definition) is 0. The molecule has 1 heteroatoms. The lowest BCUT2D eigenvalue weighted by Gasteiger charge is -2.06. The Morgan fingerprint density at radius 3 is 1.50 bits per heavy atom. The molecule has 138 valence electrons. The fourth-order valence-electron chi connectivity index (χ4n) is 3.41. The molecule has 0 amide bonds. The number of rotatable bonds is 15. The average molecular weight is 333 g/mol. The van der Waals surface area contributed by atoms with Gasteiger partial charge in [-0.1, -0.05) is 72.1 Å². The van der Waals surface area contributed by atoms with E-state index in [0.29, 0.717) is 0 Å². The molecule has 0 aromatic carbocycles. The van der Waals surface area contributed by atoms with Crippen LogP contribution in [0.1, 0.15) is 109 Å². The predicted octanol–water partition coefficient (Wildman–Crippen LogP) is 6.80. The third-order valence-electron chi connectivity index (χ3n) is 4.94. The molecule has 0 aliphatic rings. The minimum Gasteiger partial charge on any atom is -0.205 e. The number of hydrogen-bond acceptors (Lipinski definition) is 0. The van der Waals surface area contributed by atoms with E-state index in [-0.39, 0.29) is 0 Å². The van der Waals surface area contributed by atoms with Crippen LogP contribution in [0.25, 0.3) is 0 Å². The van der Waals surface area contributed by atoms with E-state index in [1.54, 1.807) is 11.1 Å². The molecular formula is C23H42N+. The molecule has 0 fully saturated rings. The lowest BCUT2D eigenvalue weighted by Crippen LogP contribution is -2.34. The van der Waals surface area contributed by atoms with E-state index < -0.39 is 0 Å². The molecule has 0 aliphatic carbocycles. The molecule has 0 saturated heterocycles. The fourth-order valence-corrected chi connectivity index (χ4v) is 3.41. The van der Waals surface area contributed by atoms with Crippen molar-refractivity contribution in [1.29, 1.82) is 0 Å². The summed E-state index contributed by atoms with van der Waals surface area (Å²) in [7, 11) is 0. The SMILES string of the molecule is CCCCCCc1cc(CCCCCC)c[n+](CCCCCC)c1. The van der Waals surface area contributed by atoms with Crippen molar-refractivity contribution in [2.75, 3.05) is 0 Å². The van der Waals surface area contributed by atoms with Gasteiger partial charge in [-0.2, -0.15) is 0 Å². The van der Waals surface area contributed by atoms with Gasteiger partial charge in [0, 0.05) is 17.5 Å². The first-order chi connectivity index (χ1) is 11.8. The van der Waals surface area contributed by atoms with Crippen LogP contribution in [0.2, 0.25) is 0 Å². The topological polar surface area (TPSA) is 3.88 Å². The molecule has 0 radical (unpaired) electrons. The summed E-state index contributed by atoms with van der Waals surface area (Å²) in [5.41, 5.74) is 3.13. The van der Waals surface area contributed by atoms with Crippen molar-refractivity contribution in [3.8, 4) is 0 Å². The van der Waals surface area contributed by atoms with Crippen molar-refractivity contribution in [3.05, 3.63) is 29.6 Å². The summed E-state index contributed by atoms with van der Waals surface area (Å²) in [6.07, 6.45) is 23.7. The lowest BCUT2D eigenvalue weighted by molar-refractivity contribution is -0.698. The van der Waals surface area contributed by atoms with Crippen molar-refractivity contribution >= 4 is 0 Å². The third kappa shape index (κ3) is 10.1. The van der Waals surface area contributed by atoms with E-state index in [4.69, 9.17) is 0 Å². The van der Waals surface area contributed by atoms with Crippen molar-refractivity contribution in [1.82, 2.24) is 0 Å². The number of unbranched alkanes of at least 4 members (excludes halogenated alkanes) is 9. The Balaban J connectivity index is 2.58. The Kier molecular flexibility index (Phi) is 12.8. The first kappa shape index (κ1) is 21.2. The van der Waals surface area contributed by atoms with Gasteiger partial charge in [0.05, 0.1) is 0 Å². The largest absolute Gasteiger partial charge is 0.205 e. The van der Waals surface area contributed by atoms with Gasteiger partial charge in [0.2, 0.25) is 0 Å². The standard InChI is InChI=1S/C23H42N/c1-4-7-10-13-16-22-19-23(17-14-11-8-5-2)21-24(20-22)18-15-12-9-6-3/h19-21H,4-18H2,1-3H3/q+1. The van der Waals surface area contributed by atoms with Crippen molar-refractivity contribution in [3.63, 3.8) is 0 Å². The summed E-state index contributed by atoms with van der Waals surface area (Å²) < 4.78 is 2.49.